The highest BCUT2D eigenvalue weighted by atomic mass is 19.4. The minimum atomic E-state index is -4.07. The van der Waals surface area contributed by atoms with Crippen molar-refractivity contribution in [1.29, 1.82) is 0 Å². The molecule has 0 aromatic carbocycles. The SMILES string of the molecule is CC(C)N1CCN(CC(F)(F)F)C2CCCCC21. The fourth-order valence-electron chi connectivity index (χ4n) is 3.55. The van der Waals surface area contributed by atoms with Crippen LogP contribution in [-0.4, -0.2) is 53.7 Å². The molecular weight excluding hydrogens is 241 g/mol. The van der Waals surface area contributed by atoms with Gasteiger partial charge in [-0.05, 0) is 26.7 Å². The molecule has 1 saturated heterocycles. The Bertz CT molecular complexity index is 278. The lowest BCUT2D eigenvalue weighted by molar-refractivity contribution is -0.163. The van der Waals surface area contributed by atoms with E-state index in [-0.39, 0.29) is 6.04 Å². The standard InChI is InChI=1S/C13H23F3N2/c1-10(2)18-8-7-17(9-13(14,15)16)11-5-3-4-6-12(11)18/h10-12H,3-9H2,1-2H3. The molecule has 2 aliphatic rings. The van der Waals surface area contributed by atoms with Crippen LogP contribution in [0.15, 0.2) is 0 Å². The summed E-state index contributed by atoms with van der Waals surface area (Å²) < 4.78 is 37.8. The quantitative estimate of drug-likeness (QED) is 0.756. The second kappa shape index (κ2) is 5.37. The summed E-state index contributed by atoms with van der Waals surface area (Å²) in [7, 11) is 0. The van der Waals surface area contributed by atoms with Crippen LogP contribution in [0.4, 0.5) is 13.2 Å². The molecule has 5 heteroatoms. The summed E-state index contributed by atoms with van der Waals surface area (Å²) in [6.07, 6.45) is 0.134. The minimum Gasteiger partial charge on any atom is -0.295 e. The molecule has 1 aliphatic heterocycles. The maximum atomic E-state index is 12.6. The molecule has 2 atom stereocenters. The molecule has 0 aromatic heterocycles. The van der Waals surface area contributed by atoms with Crippen LogP contribution in [0.1, 0.15) is 39.5 Å². The first-order chi connectivity index (χ1) is 8.38. The van der Waals surface area contributed by atoms with Crippen LogP contribution >= 0.6 is 0 Å². The van der Waals surface area contributed by atoms with Crippen molar-refractivity contribution in [3.05, 3.63) is 0 Å². The number of alkyl halides is 3. The first-order valence-electron chi connectivity index (χ1n) is 6.95. The average Bonchev–Trinajstić information content (AvgIpc) is 2.27. The van der Waals surface area contributed by atoms with Crippen molar-refractivity contribution in [1.82, 2.24) is 9.80 Å². The molecule has 2 unspecified atom stereocenters. The highest BCUT2D eigenvalue weighted by molar-refractivity contribution is 4.95. The van der Waals surface area contributed by atoms with Crippen LogP contribution in [0.5, 0.6) is 0 Å². The lowest BCUT2D eigenvalue weighted by Gasteiger charge is -2.51. The van der Waals surface area contributed by atoms with E-state index in [2.05, 4.69) is 18.7 Å². The predicted molar refractivity (Wildman–Crippen MR) is 65.5 cm³/mol. The van der Waals surface area contributed by atoms with Crippen molar-refractivity contribution in [2.45, 2.75) is 63.8 Å². The number of piperazine rings is 1. The monoisotopic (exact) mass is 264 g/mol. The Morgan fingerprint density at radius 2 is 1.67 bits per heavy atom. The van der Waals surface area contributed by atoms with Gasteiger partial charge in [-0.3, -0.25) is 9.80 Å². The van der Waals surface area contributed by atoms with Crippen molar-refractivity contribution in [3.63, 3.8) is 0 Å². The predicted octanol–water partition coefficient (Wildman–Crippen LogP) is 2.89. The van der Waals surface area contributed by atoms with Crippen LogP contribution in [0.25, 0.3) is 0 Å². The number of fused-ring (bicyclic) bond motifs is 1. The van der Waals surface area contributed by atoms with Gasteiger partial charge < -0.3 is 0 Å². The van der Waals surface area contributed by atoms with Gasteiger partial charge in [0.2, 0.25) is 0 Å². The first kappa shape index (κ1) is 14.1. The lowest BCUT2D eigenvalue weighted by Crippen LogP contribution is -2.63. The van der Waals surface area contributed by atoms with Crippen LogP contribution in [0, 0.1) is 0 Å². The molecule has 0 N–H and O–H groups in total. The van der Waals surface area contributed by atoms with Crippen LogP contribution < -0.4 is 0 Å². The molecule has 2 rings (SSSR count). The third-order valence-electron chi connectivity index (χ3n) is 4.28. The molecule has 1 saturated carbocycles. The highest BCUT2D eigenvalue weighted by Gasteiger charge is 2.42. The van der Waals surface area contributed by atoms with E-state index in [0.717, 1.165) is 32.2 Å². The average molecular weight is 264 g/mol. The lowest BCUT2D eigenvalue weighted by atomic mass is 9.85. The molecule has 0 aromatic rings. The zero-order valence-corrected chi connectivity index (χ0v) is 11.2. The summed E-state index contributed by atoms with van der Waals surface area (Å²) in [5.41, 5.74) is 0. The largest absolute Gasteiger partial charge is 0.401 e. The Morgan fingerprint density at radius 1 is 1.06 bits per heavy atom. The van der Waals surface area contributed by atoms with Crippen LogP contribution in [-0.2, 0) is 0 Å². The summed E-state index contributed by atoms with van der Waals surface area (Å²) in [4.78, 5) is 4.07. The van der Waals surface area contributed by atoms with Crippen molar-refractivity contribution in [2.75, 3.05) is 19.6 Å². The third kappa shape index (κ3) is 3.18. The van der Waals surface area contributed by atoms with Crippen molar-refractivity contribution in [2.24, 2.45) is 0 Å². The molecule has 2 nitrogen and oxygen atoms in total. The summed E-state index contributed by atoms with van der Waals surface area (Å²) in [5.74, 6) is 0. The van der Waals surface area contributed by atoms with Crippen molar-refractivity contribution >= 4 is 0 Å². The van der Waals surface area contributed by atoms with E-state index in [0.29, 0.717) is 18.6 Å². The fraction of sp³-hybridized carbons (Fsp3) is 1.00. The maximum Gasteiger partial charge on any atom is 0.401 e. The molecule has 0 bridgehead atoms. The zero-order chi connectivity index (χ0) is 13.3. The number of nitrogens with zero attached hydrogens (tertiary/aromatic N) is 2. The van der Waals surface area contributed by atoms with Gasteiger partial charge in [-0.2, -0.15) is 13.2 Å². The smallest absolute Gasteiger partial charge is 0.295 e. The normalized spacial score (nSPS) is 31.7. The van der Waals surface area contributed by atoms with E-state index in [1.54, 1.807) is 4.90 Å². The van der Waals surface area contributed by atoms with E-state index in [1.807, 2.05) is 0 Å². The zero-order valence-electron chi connectivity index (χ0n) is 11.2. The maximum absolute atomic E-state index is 12.6. The van der Waals surface area contributed by atoms with E-state index in [4.69, 9.17) is 0 Å². The molecule has 2 fully saturated rings. The number of halogens is 3. The van der Waals surface area contributed by atoms with E-state index >= 15 is 0 Å². The molecular formula is C13H23F3N2. The van der Waals surface area contributed by atoms with Crippen LogP contribution in [0.2, 0.25) is 0 Å². The second-order valence-corrected chi connectivity index (χ2v) is 5.84. The highest BCUT2D eigenvalue weighted by Crippen LogP contribution is 2.33. The Hall–Kier alpha value is -0.290. The Labute approximate surface area is 107 Å². The van der Waals surface area contributed by atoms with Gasteiger partial charge in [-0.15, -0.1) is 0 Å². The molecule has 0 spiro atoms. The fourth-order valence-corrected chi connectivity index (χ4v) is 3.55. The van der Waals surface area contributed by atoms with Gasteiger partial charge in [0.15, 0.2) is 0 Å². The van der Waals surface area contributed by atoms with Crippen molar-refractivity contribution in [3.8, 4) is 0 Å². The molecule has 1 heterocycles. The van der Waals surface area contributed by atoms with Gasteiger partial charge in [0.05, 0.1) is 6.54 Å². The summed E-state index contributed by atoms with van der Waals surface area (Å²) in [6.45, 7) is 4.88. The second-order valence-electron chi connectivity index (χ2n) is 5.84. The Morgan fingerprint density at radius 3 is 2.22 bits per heavy atom. The molecule has 106 valence electrons. The Balaban J connectivity index is 2.07. The minimum absolute atomic E-state index is 0.108. The van der Waals surface area contributed by atoms with Crippen LogP contribution in [0.3, 0.4) is 0 Å². The van der Waals surface area contributed by atoms with E-state index in [1.165, 1.54) is 0 Å². The van der Waals surface area contributed by atoms with E-state index < -0.39 is 12.7 Å². The van der Waals surface area contributed by atoms with Gasteiger partial charge in [-0.1, -0.05) is 12.8 Å². The topological polar surface area (TPSA) is 6.48 Å². The van der Waals surface area contributed by atoms with Gasteiger partial charge >= 0.3 is 6.18 Å². The third-order valence-corrected chi connectivity index (χ3v) is 4.28. The van der Waals surface area contributed by atoms with E-state index in [9.17, 15) is 13.2 Å². The number of rotatable bonds is 2. The number of hydrogen-bond acceptors (Lipinski definition) is 2. The summed E-state index contributed by atoms with van der Waals surface area (Å²) in [6, 6.07) is 0.870. The Kier molecular flexibility index (Phi) is 4.22. The van der Waals surface area contributed by atoms with Gasteiger partial charge in [0.25, 0.3) is 0 Å². The molecule has 0 radical (unpaired) electrons. The molecule has 1 aliphatic carbocycles. The van der Waals surface area contributed by atoms with Crippen molar-refractivity contribution < 1.29 is 13.2 Å². The molecule has 18 heavy (non-hydrogen) atoms. The van der Waals surface area contributed by atoms with Gasteiger partial charge in [0, 0.05) is 31.2 Å². The van der Waals surface area contributed by atoms with Gasteiger partial charge in [0.1, 0.15) is 0 Å². The van der Waals surface area contributed by atoms with Gasteiger partial charge in [-0.25, -0.2) is 0 Å². The summed E-state index contributed by atoms with van der Waals surface area (Å²) in [5, 5.41) is 0. The number of hydrogen-bond donors (Lipinski definition) is 0. The molecule has 0 amide bonds. The first-order valence-corrected chi connectivity index (χ1v) is 6.95. The summed E-state index contributed by atoms with van der Waals surface area (Å²) >= 11 is 0.